The maximum Gasteiger partial charge on any atom is 0.0486 e. The molecule has 0 spiro atoms. The summed E-state index contributed by atoms with van der Waals surface area (Å²) in [5.41, 5.74) is 6.31. The Bertz CT molecular complexity index is 707. The standard InChI is InChI=1S/C19H25N3/c1-2-15-16-12-14(13-6-8-20-9-7-13)4-5-18(16)22-11-10-21-17(3-1)19(15)22/h4-5,12-13,17,20-21H,1-3,6-11H2. The van der Waals surface area contributed by atoms with Crippen LogP contribution < -0.4 is 10.6 Å². The third-order valence-electron chi connectivity index (χ3n) is 6.02. The smallest absolute Gasteiger partial charge is 0.0486 e. The van der Waals surface area contributed by atoms with E-state index in [9.17, 15) is 0 Å². The van der Waals surface area contributed by atoms with Gasteiger partial charge in [0.15, 0.2) is 0 Å². The first-order chi connectivity index (χ1) is 10.9. The minimum absolute atomic E-state index is 0.604. The number of rotatable bonds is 1. The van der Waals surface area contributed by atoms with Crippen LogP contribution in [0.4, 0.5) is 0 Å². The second-order valence-corrected chi connectivity index (χ2v) is 7.22. The van der Waals surface area contributed by atoms with Crippen molar-refractivity contribution in [3.63, 3.8) is 0 Å². The van der Waals surface area contributed by atoms with Gasteiger partial charge in [-0.25, -0.2) is 0 Å². The number of fused-ring (bicyclic) bond motifs is 3. The van der Waals surface area contributed by atoms with Crippen LogP contribution in [-0.4, -0.2) is 24.2 Å². The predicted molar refractivity (Wildman–Crippen MR) is 90.5 cm³/mol. The summed E-state index contributed by atoms with van der Waals surface area (Å²) in [6, 6.07) is 7.96. The average Bonchev–Trinajstić information content (AvgIpc) is 2.92. The number of nitrogens with one attached hydrogen (secondary N) is 2. The third-order valence-corrected chi connectivity index (χ3v) is 6.02. The zero-order valence-electron chi connectivity index (χ0n) is 13.2. The lowest BCUT2D eigenvalue weighted by Gasteiger charge is -2.31. The van der Waals surface area contributed by atoms with Crippen LogP contribution in [0.5, 0.6) is 0 Å². The summed E-state index contributed by atoms with van der Waals surface area (Å²) in [6.07, 6.45) is 6.50. The predicted octanol–water partition coefficient (Wildman–Crippen LogP) is 3.09. The van der Waals surface area contributed by atoms with Gasteiger partial charge in [-0.15, -0.1) is 0 Å². The van der Waals surface area contributed by atoms with Gasteiger partial charge in [0.1, 0.15) is 0 Å². The van der Waals surface area contributed by atoms with Gasteiger partial charge in [-0.1, -0.05) is 6.07 Å². The molecule has 0 saturated carbocycles. The molecule has 1 saturated heterocycles. The largest absolute Gasteiger partial charge is 0.342 e. The molecule has 0 radical (unpaired) electrons. The van der Waals surface area contributed by atoms with E-state index in [4.69, 9.17) is 0 Å². The van der Waals surface area contributed by atoms with E-state index in [1.54, 1.807) is 22.2 Å². The van der Waals surface area contributed by atoms with Crippen molar-refractivity contribution in [2.45, 2.75) is 50.6 Å². The van der Waals surface area contributed by atoms with E-state index in [2.05, 4.69) is 33.4 Å². The summed E-state index contributed by atoms with van der Waals surface area (Å²) in [5.74, 6) is 0.757. The van der Waals surface area contributed by atoms with Crippen LogP contribution in [0.2, 0.25) is 0 Å². The maximum absolute atomic E-state index is 3.73. The van der Waals surface area contributed by atoms with E-state index >= 15 is 0 Å². The Morgan fingerprint density at radius 3 is 2.86 bits per heavy atom. The van der Waals surface area contributed by atoms with Crippen molar-refractivity contribution in [2.75, 3.05) is 19.6 Å². The van der Waals surface area contributed by atoms with Gasteiger partial charge in [-0.3, -0.25) is 0 Å². The first-order valence-electron chi connectivity index (χ1n) is 9.01. The monoisotopic (exact) mass is 295 g/mol. The first-order valence-corrected chi connectivity index (χ1v) is 9.01. The zero-order valence-corrected chi connectivity index (χ0v) is 13.2. The molecule has 3 heterocycles. The topological polar surface area (TPSA) is 29.0 Å². The van der Waals surface area contributed by atoms with Gasteiger partial charge in [0.05, 0.1) is 0 Å². The lowest BCUT2D eigenvalue weighted by atomic mass is 9.87. The van der Waals surface area contributed by atoms with Gasteiger partial charge < -0.3 is 15.2 Å². The van der Waals surface area contributed by atoms with Gasteiger partial charge in [0, 0.05) is 35.7 Å². The second-order valence-electron chi connectivity index (χ2n) is 7.22. The Hall–Kier alpha value is -1.32. The molecule has 5 rings (SSSR count). The van der Waals surface area contributed by atoms with Crippen molar-refractivity contribution in [3.8, 4) is 0 Å². The SMILES string of the molecule is c1cc2c(cc1C1CCNCC1)c1c3n2CCNC3CCC1. The number of hydrogen-bond donors (Lipinski definition) is 2. The van der Waals surface area contributed by atoms with E-state index in [0.29, 0.717) is 6.04 Å². The van der Waals surface area contributed by atoms with E-state index < -0.39 is 0 Å². The van der Waals surface area contributed by atoms with Gasteiger partial charge in [-0.05, 0) is 74.4 Å². The van der Waals surface area contributed by atoms with E-state index in [1.165, 1.54) is 50.7 Å². The molecule has 1 aromatic heterocycles. The quantitative estimate of drug-likeness (QED) is 0.846. The summed E-state index contributed by atoms with van der Waals surface area (Å²) >= 11 is 0. The number of aromatic nitrogens is 1. The number of piperidine rings is 1. The van der Waals surface area contributed by atoms with E-state index in [-0.39, 0.29) is 0 Å². The zero-order chi connectivity index (χ0) is 14.5. The van der Waals surface area contributed by atoms with Crippen molar-refractivity contribution < 1.29 is 0 Å². The van der Waals surface area contributed by atoms with Crippen LogP contribution >= 0.6 is 0 Å². The molecular weight excluding hydrogens is 270 g/mol. The molecule has 1 aliphatic carbocycles. The Labute approximate surface area is 132 Å². The molecule has 116 valence electrons. The van der Waals surface area contributed by atoms with Gasteiger partial charge in [0.25, 0.3) is 0 Å². The van der Waals surface area contributed by atoms with E-state index in [0.717, 1.165) is 19.0 Å². The molecule has 22 heavy (non-hydrogen) atoms. The summed E-state index contributed by atoms with van der Waals surface area (Å²) in [6.45, 7) is 4.60. The fourth-order valence-electron chi connectivity index (χ4n) is 4.94. The summed E-state index contributed by atoms with van der Waals surface area (Å²) in [7, 11) is 0. The van der Waals surface area contributed by atoms with Gasteiger partial charge in [-0.2, -0.15) is 0 Å². The molecule has 3 nitrogen and oxygen atoms in total. The number of aryl methyl sites for hydroxylation is 1. The third kappa shape index (κ3) is 1.88. The minimum Gasteiger partial charge on any atom is -0.342 e. The highest BCUT2D eigenvalue weighted by Gasteiger charge is 2.30. The minimum atomic E-state index is 0.604. The molecule has 1 aromatic carbocycles. The fourth-order valence-corrected chi connectivity index (χ4v) is 4.94. The maximum atomic E-state index is 3.73. The Morgan fingerprint density at radius 1 is 1.05 bits per heavy atom. The molecule has 2 aliphatic heterocycles. The lowest BCUT2D eigenvalue weighted by molar-refractivity contribution is 0.384. The molecule has 1 atom stereocenters. The van der Waals surface area contributed by atoms with Crippen LogP contribution in [0.15, 0.2) is 18.2 Å². The van der Waals surface area contributed by atoms with Gasteiger partial charge >= 0.3 is 0 Å². The normalized spacial score (nSPS) is 25.4. The average molecular weight is 295 g/mol. The molecule has 2 N–H and O–H groups in total. The van der Waals surface area contributed by atoms with Crippen molar-refractivity contribution in [1.82, 2.24) is 15.2 Å². The Balaban J connectivity index is 1.66. The summed E-state index contributed by atoms with van der Waals surface area (Å²) < 4.78 is 2.61. The Kier molecular flexibility index (Phi) is 3.05. The number of benzene rings is 1. The summed E-state index contributed by atoms with van der Waals surface area (Å²) in [5, 5.41) is 8.77. The second kappa shape index (κ2) is 5.10. The highest BCUT2D eigenvalue weighted by Crippen LogP contribution is 2.40. The highest BCUT2D eigenvalue weighted by atomic mass is 15.1. The Morgan fingerprint density at radius 2 is 1.95 bits per heavy atom. The fraction of sp³-hybridized carbons (Fsp3) is 0.579. The molecular formula is C19H25N3. The van der Waals surface area contributed by atoms with Crippen molar-refractivity contribution in [1.29, 1.82) is 0 Å². The molecule has 0 amide bonds. The molecule has 2 aromatic rings. The molecule has 3 heteroatoms. The van der Waals surface area contributed by atoms with Crippen LogP contribution in [0.25, 0.3) is 10.9 Å². The van der Waals surface area contributed by atoms with Crippen LogP contribution in [0, 0.1) is 0 Å². The molecule has 0 bridgehead atoms. The lowest BCUT2D eigenvalue weighted by Crippen LogP contribution is -2.35. The number of hydrogen-bond acceptors (Lipinski definition) is 2. The van der Waals surface area contributed by atoms with Crippen LogP contribution in [-0.2, 0) is 13.0 Å². The van der Waals surface area contributed by atoms with Crippen molar-refractivity contribution in [2.24, 2.45) is 0 Å². The summed E-state index contributed by atoms with van der Waals surface area (Å²) in [4.78, 5) is 0. The highest BCUT2D eigenvalue weighted by molar-refractivity contribution is 5.87. The van der Waals surface area contributed by atoms with Crippen molar-refractivity contribution >= 4 is 10.9 Å². The van der Waals surface area contributed by atoms with Crippen LogP contribution in [0.1, 0.15) is 54.5 Å². The van der Waals surface area contributed by atoms with E-state index in [1.807, 2.05) is 0 Å². The molecule has 1 unspecified atom stereocenters. The molecule has 3 aliphatic rings. The van der Waals surface area contributed by atoms with Crippen LogP contribution in [0.3, 0.4) is 0 Å². The first kappa shape index (κ1) is 13.1. The van der Waals surface area contributed by atoms with Gasteiger partial charge in [0.2, 0.25) is 0 Å². The van der Waals surface area contributed by atoms with Crippen molar-refractivity contribution in [3.05, 3.63) is 35.0 Å². The molecule has 1 fully saturated rings. The number of nitrogens with zero attached hydrogens (tertiary/aromatic N) is 1.